The van der Waals surface area contributed by atoms with Gasteiger partial charge < -0.3 is 54.6 Å². The first-order valence-electron chi connectivity index (χ1n) is 14.4. The highest BCUT2D eigenvalue weighted by Crippen LogP contribution is 2.60. The maximum Gasteiger partial charge on any atom is 0.481 e. The highest BCUT2D eigenvalue weighted by atomic mass is 31.3. The first-order valence-corrected chi connectivity index (χ1v) is 17.4. The minimum Gasteiger partial charge on any atom is -0.462 e. The van der Waals surface area contributed by atoms with E-state index in [2.05, 4.69) is 23.3 Å². The molecule has 10 atom stereocenters. The van der Waals surface area contributed by atoms with E-state index >= 15 is 0 Å². The summed E-state index contributed by atoms with van der Waals surface area (Å²) in [4.78, 5) is 39.9. The molecule has 51 heavy (non-hydrogen) atoms. The predicted octanol–water partition coefficient (Wildman–Crippen LogP) is 0.534. The van der Waals surface area contributed by atoms with Crippen molar-refractivity contribution in [1.29, 1.82) is 0 Å². The number of ether oxygens (including phenoxy) is 3. The van der Waals surface area contributed by atoms with Gasteiger partial charge in [-0.2, -0.15) is 17.5 Å². The normalized spacial score (nSPS) is 29.4. The van der Waals surface area contributed by atoms with Crippen molar-refractivity contribution in [1.82, 2.24) is 14.5 Å². The van der Waals surface area contributed by atoms with E-state index in [1.165, 1.54) is 23.2 Å². The highest BCUT2D eigenvalue weighted by Gasteiger charge is 2.48. The summed E-state index contributed by atoms with van der Waals surface area (Å²) < 4.78 is 101. The molecule has 2 saturated heterocycles. The quantitative estimate of drug-likeness (QED) is 0.0808. The number of halogens is 3. The van der Waals surface area contributed by atoms with Gasteiger partial charge in [-0.05, 0) is 18.2 Å². The van der Waals surface area contributed by atoms with Crippen LogP contribution in [0.5, 0.6) is 5.75 Å². The van der Waals surface area contributed by atoms with E-state index in [-0.39, 0.29) is 28.7 Å². The number of anilines is 1. The molecule has 20 nitrogen and oxygen atoms in total. The average molecular weight is 770 g/mol. The molecule has 278 valence electrons. The molecule has 0 amide bonds. The number of nitrogens with two attached hydrogens (primary N) is 1. The molecule has 3 aromatic heterocycles. The maximum atomic E-state index is 13.3. The molecular weight excluding hydrogens is 743 g/mol. The van der Waals surface area contributed by atoms with Crippen LogP contribution in [0.4, 0.5) is 18.9 Å². The Morgan fingerprint density at radius 3 is 2.22 bits per heavy atom. The van der Waals surface area contributed by atoms with Gasteiger partial charge in [0.15, 0.2) is 11.9 Å². The second-order valence-corrected chi connectivity index (χ2v) is 14.2. The summed E-state index contributed by atoms with van der Waals surface area (Å²) in [5.74, 6) is -0.271. The number of aromatic nitrogens is 3. The van der Waals surface area contributed by atoms with Crippen LogP contribution >= 0.6 is 15.6 Å². The number of pyridine rings is 1. The fourth-order valence-electron chi connectivity index (χ4n) is 5.28. The Labute approximate surface area is 281 Å². The summed E-state index contributed by atoms with van der Waals surface area (Å²) in [6.07, 6.45) is -15.5. The summed E-state index contributed by atoms with van der Waals surface area (Å²) in [6, 6.07) is 4.61. The van der Waals surface area contributed by atoms with Gasteiger partial charge in [0.1, 0.15) is 53.5 Å². The van der Waals surface area contributed by atoms with Crippen LogP contribution in [0.3, 0.4) is 0 Å². The molecule has 0 saturated carbocycles. The summed E-state index contributed by atoms with van der Waals surface area (Å²) in [6.45, 7) is -2.00. The zero-order valence-electron chi connectivity index (χ0n) is 25.3. The van der Waals surface area contributed by atoms with Crippen LogP contribution in [0.25, 0.3) is 22.1 Å². The van der Waals surface area contributed by atoms with Crippen LogP contribution in [0.15, 0.2) is 52.1 Å². The predicted molar refractivity (Wildman–Crippen MR) is 159 cm³/mol. The fraction of sp³-hybridized carbons (Fsp3) is 0.423. The number of phosphoric ester groups is 2. The Balaban J connectivity index is 1.03. The van der Waals surface area contributed by atoms with Crippen LogP contribution in [-0.4, -0.2) is 101 Å². The average Bonchev–Trinajstić information content (AvgIpc) is 3.68. The lowest BCUT2D eigenvalue weighted by atomic mass is 10.1. The zero-order chi connectivity index (χ0) is 37.0. The second kappa shape index (κ2) is 13.8. The van der Waals surface area contributed by atoms with Crippen LogP contribution in [-0.2, 0) is 38.1 Å². The van der Waals surface area contributed by atoms with Crippen molar-refractivity contribution >= 4 is 43.5 Å². The number of alkyl halides is 3. The van der Waals surface area contributed by atoms with Gasteiger partial charge in [-0.25, -0.2) is 23.9 Å². The molecule has 6 rings (SSSR count). The van der Waals surface area contributed by atoms with Gasteiger partial charge in [-0.1, -0.05) is 0 Å². The topological polar surface area (TPSA) is 298 Å². The molecule has 4 aromatic rings. The lowest BCUT2D eigenvalue weighted by Crippen LogP contribution is -2.35. The van der Waals surface area contributed by atoms with Crippen molar-refractivity contribution in [3.05, 3.63) is 58.8 Å². The molecule has 0 radical (unpaired) electrons. The molecule has 5 heterocycles. The first-order chi connectivity index (χ1) is 23.8. The van der Waals surface area contributed by atoms with Crippen molar-refractivity contribution < 1.29 is 84.5 Å². The number of fused-ring (bicyclic) bond motifs is 2. The van der Waals surface area contributed by atoms with E-state index in [0.717, 1.165) is 18.2 Å². The number of hydrogen-bond donors (Lipinski definition) is 7. The third-order valence-corrected chi connectivity index (χ3v) is 10.3. The van der Waals surface area contributed by atoms with Crippen LogP contribution in [0, 0.1) is 0 Å². The molecule has 2 aliphatic heterocycles. The van der Waals surface area contributed by atoms with Crippen molar-refractivity contribution in [3.8, 4) is 5.75 Å². The Kier molecular flexibility index (Phi) is 10.1. The van der Waals surface area contributed by atoms with Gasteiger partial charge in [0.2, 0.25) is 6.29 Å². The number of imidazole rings is 1. The summed E-state index contributed by atoms with van der Waals surface area (Å²) >= 11 is 0. The molecule has 0 spiro atoms. The second-order valence-electron chi connectivity index (χ2n) is 11.2. The maximum absolute atomic E-state index is 13.3. The molecular formula is C26H27F3N4O16P2. The van der Waals surface area contributed by atoms with Crippen molar-refractivity contribution in [2.75, 3.05) is 18.9 Å². The lowest BCUT2D eigenvalue weighted by Gasteiger charge is -2.20. The van der Waals surface area contributed by atoms with Gasteiger partial charge in [-0.15, -0.1) is 0 Å². The van der Waals surface area contributed by atoms with E-state index in [1.54, 1.807) is 0 Å². The zero-order valence-corrected chi connectivity index (χ0v) is 27.1. The van der Waals surface area contributed by atoms with Crippen molar-refractivity contribution in [3.63, 3.8) is 0 Å². The number of nitrogen functional groups attached to an aromatic ring is 1. The molecule has 0 aliphatic carbocycles. The minimum atomic E-state index is -5.49. The van der Waals surface area contributed by atoms with E-state index in [4.69, 9.17) is 24.4 Å². The number of rotatable bonds is 11. The number of hydrogen-bond acceptors (Lipinski definition) is 17. The van der Waals surface area contributed by atoms with Crippen molar-refractivity contribution in [2.24, 2.45) is 0 Å². The van der Waals surface area contributed by atoms with E-state index in [0.29, 0.717) is 0 Å². The Morgan fingerprint density at radius 2 is 1.55 bits per heavy atom. The largest absolute Gasteiger partial charge is 0.481 e. The SMILES string of the molecule is Nc1ccnc2c1ncn2[C@@H]1OC(COP(=O)(O)OP(=O)(O)OC[C@H]2OC(Oc3ccc4c(C(F)(F)F)cc(=O)oc4c3)[C@H](O)[C@@H]2O)[C@@H](O)[C@H]1O. The Bertz CT molecular complexity index is 2080. The molecule has 4 unspecified atom stereocenters. The number of nitrogens with zero attached hydrogens (tertiary/aromatic N) is 3. The van der Waals surface area contributed by atoms with Gasteiger partial charge in [0.05, 0.1) is 30.8 Å². The summed E-state index contributed by atoms with van der Waals surface area (Å²) in [7, 11) is -11.0. The highest BCUT2D eigenvalue weighted by molar-refractivity contribution is 7.61. The Morgan fingerprint density at radius 1 is 0.902 bits per heavy atom. The van der Waals surface area contributed by atoms with Crippen LogP contribution in [0.1, 0.15) is 11.8 Å². The summed E-state index contributed by atoms with van der Waals surface area (Å²) in [5, 5.41) is 41.2. The lowest BCUT2D eigenvalue weighted by molar-refractivity contribution is -0.136. The van der Waals surface area contributed by atoms with Gasteiger partial charge >= 0.3 is 27.4 Å². The smallest absolute Gasteiger partial charge is 0.462 e. The molecule has 1 aromatic carbocycles. The monoisotopic (exact) mass is 770 g/mol. The number of phosphoric acid groups is 2. The number of aliphatic hydroxyl groups is 4. The number of aliphatic hydroxyl groups excluding tert-OH is 4. The van der Waals surface area contributed by atoms with E-state index < -0.39 is 106 Å². The molecule has 8 N–H and O–H groups in total. The third-order valence-electron chi connectivity index (χ3n) is 7.71. The van der Waals surface area contributed by atoms with Crippen LogP contribution in [0.2, 0.25) is 0 Å². The van der Waals surface area contributed by atoms with Gasteiger partial charge in [0, 0.05) is 23.7 Å². The molecule has 0 bridgehead atoms. The van der Waals surface area contributed by atoms with E-state index in [1.807, 2.05) is 0 Å². The fourth-order valence-corrected chi connectivity index (χ4v) is 7.37. The minimum absolute atomic E-state index is 0.190. The standard InChI is InChI=1S/C26H27F3N4O16P2/c27-26(28,29)12-6-17(34)46-14-5-10(1-2-11(12)14)45-25-22(38)20(36)16(48-25)8-44-51(41,42)49-50(39,40)43-7-15-19(35)21(37)24(47-15)33-9-32-18-13(30)3-4-31-23(18)33/h1-6,9,15-16,19-22,24-25,35-38H,7-8H2,(H2,30,31)(H,39,40)(H,41,42)/t15?,16-,19-,20-,21-,22-,24-,25?/m1/s1. The third kappa shape index (κ3) is 7.81. The molecule has 25 heteroatoms. The summed E-state index contributed by atoms with van der Waals surface area (Å²) in [5.41, 5.74) is 3.50. The van der Waals surface area contributed by atoms with Crippen molar-refractivity contribution in [2.45, 2.75) is 55.3 Å². The molecule has 2 fully saturated rings. The molecule has 2 aliphatic rings. The van der Waals surface area contributed by atoms with Gasteiger partial charge in [0.25, 0.3) is 0 Å². The van der Waals surface area contributed by atoms with E-state index in [9.17, 15) is 57.3 Å². The number of benzene rings is 1. The first kappa shape index (κ1) is 37.2. The Hall–Kier alpha value is -3.54. The van der Waals surface area contributed by atoms with Crippen LogP contribution < -0.4 is 16.1 Å². The van der Waals surface area contributed by atoms with Gasteiger partial charge in [-0.3, -0.25) is 13.6 Å².